The number of methoxy groups -OCH3 is 1. The SMILES string of the molecule is COc1cc(C)c(Cl)cc1N1CC(CN=[N+]=[N-])CC1=O. The summed E-state index contributed by atoms with van der Waals surface area (Å²) in [6, 6.07) is 3.55. The molecule has 1 aliphatic heterocycles. The Labute approximate surface area is 121 Å². The van der Waals surface area contributed by atoms with Crippen LogP contribution in [0, 0.1) is 12.8 Å². The molecule has 1 aromatic carbocycles. The van der Waals surface area contributed by atoms with Gasteiger partial charge in [0.1, 0.15) is 5.75 Å². The second-order valence-electron chi connectivity index (χ2n) is 4.76. The van der Waals surface area contributed by atoms with Gasteiger partial charge >= 0.3 is 0 Å². The molecule has 106 valence electrons. The molecule has 6 nitrogen and oxygen atoms in total. The number of nitrogens with zero attached hydrogens (tertiary/aromatic N) is 4. The van der Waals surface area contributed by atoms with Crippen LogP contribution in [-0.4, -0.2) is 26.1 Å². The maximum absolute atomic E-state index is 12.1. The third-order valence-corrected chi connectivity index (χ3v) is 3.77. The van der Waals surface area contributed by atoms with Gasteiger partial charge in [0.25, 0.3) is 0 Å². The van der Waals surface area contributed by atoms with Crippen LogP contribution in [0.2, 0.25) is 5.02 Å². The van der Waals surface area contributed by atoms with Crippen molar-refractivity contribution in [3.8, 4) is 5.75 Å². The minimum Gasteiger partial charge on any atom is -0.495 e. The molecular weight excluding hydrogens is 280 g/mol. The summed E-state index contributed by atoms with van der Waals surface area (Å²) < 4.78 is 5.32. The van der Waals surface area contributed by atoms with Gasteiger partial charge in [0.05, 0.1) is 12.8 Å². The Morgan fingerprint density at radius 2 is 2.35 bits per heavy atom. The minimum atomic E-state index is -0.0126. The van der Waals surface area contributed by atoms with E-state index in [-0.39, 0.29) is 11.8 Å². The second-order valence-corrected chi connectivity index (χ2v) is 5.17. The van der Waals surface area contributed by atoms with Gasteiger partial charge in [-0.25, -0.2) is 0 Å². The fourth-order valence-corrected chi connectivity index (χ4v) is 2.47. The number of rotatable bonds is 4. The summed E-state index contributed by atoms with van der Waals surface area (Å²) in [5.74, 6) is 0.634. The van der Waals surface area contributed by atoms with E-state index in [9.17, 15) is 4.79 Å². The van der Waals surface area contributed by atoms with Gasteiger partial charge in [0, 0.05) is 29.4 Å². The molecular formula is C13H15ClN4O2. The lowest BCUT2D eigenvalue weighted by Gasteiger charge is -2.20. The van der Waals surface area contributed by atoms with Gasteiger partial charge in [0.15, 0.2) is 0 Å². The molecule has 2 rings (SSSR count). The van der Waals surface area contributed by atoms with Gasteiger partial charge in [-0.1, -0.05) is 16.7 Å². The van der Waals surface area contributed by atoms with Crippen LogP contribution in [0.4, 0.5) is 5.69 Å². The van der Waals surface area contributed by atoms with Crippen LogP contribution in [-0.2, 0) is 4.79 Å². The fourth-order valence-electron chi connectivity index (χ4n) is 2.31. The van der Waals surface area contributed by atoms with Gasteiger partial charge in [-0.2, -0.15) is 0 Å². The molecule has 1 fully saturated rings. The predicted octanol–water partition coefficient (Wildman–Crippen LogP) is 3.32. The van der Waals surface area contributed by atoms with E-state index in [1.165, 1.54) is 0 Å². The molecule has 1 unspecified atom stereocenters. The zero-order valence-electron chi connectivity index (χ0n) is 11.3. The first-order valence-corrected chi connectivity index (χ1v) is 6.60. The Morgan fingerprint density at radius 3 is 3.00 bits per heavy atom. The first-order chi connectivity index (χ1) is 9.56. The maximum Gasteiger partial charge on any atom is 0.227 e. The normalized spacial score (nSPS) is 18.1. The number of aryl methyl sites for hydroxylation is 1. The molecule has 7 heteroatoms. The Hall–Kier alpha value is -1.91. The molecule has 0 saturated carbocycles. The van der Waals surface area contributed by atoms with Gasteiger partial charge in [0.2, 0.25) is 5.91 Å². The molecule has 1 saturated heterocycles. The number of carbonyl (C=O) groups is 1. The van der Waals surface area contributed by atoms with E-state index < -0.39 is 0 Å². The highest BCUT2D eigenvalue weighted by molar-refractivity contribution is 6.31. The van der Waals surface area contributed by atoms with Crippen molar-refractivity contribution >= 4 is 23.2 Å². The summed E-state index contributed by atoms with van der Waals surface area (Å²) in [5.41, 5.74) is 9.90. The molecule has 1 aromatic rings. The quantitative estimate of drug-likeness (QED) is 0.485. The van der Waals surface area contributed by atoms with Crippen LogP contribution >= 0.6 is 11.6 Å². The van der Waals surface area contributed by atoms with Crippen LogP contribution in [0.25, 0.3) is 10.4 Å². The van der Waals surface area contributed by atoms with Crippen LogP contribution in [0.15, 0.2) is 17.2 Å². The summed E-state index contributed by atoms with van der Waals surface area (Å²) in [5, 5.41) is 4.12. The third kappa shape index (κ3) is 2.81. The third-order valence-electron chi connectivity index (χ3n) is 3.36. The molecule has 0 aromatic heterocycles. The number of benzene rings is 1. The van der Waals surface area contributed by atoms with Crippen LogP contribution in [0.5, 0.6) is 5.75 Å². The monoisotopic (exact) mass is 294 g/mol. The smallest absolute Gasteiger partial charge is 0.227 e. The van der Waals surface area contributed by atoms with Crippen molar-refractivity contribution in [2.24, 2.45) is 11.0 Å². The van der Waals surface area contributed by atoms with E-state index in [1.807, 2.05) is 13.0 Å². The number of ether oxygens (including phenoxy) is 1. The van der Waals surface area contributed by atoms with E-state index in [1.54, 1.807) is 18.1 Å². The molecule has 0 bridgehead atoms. The van der Waals surface area contributed by atoms with Crippen LogP contribution < -0.4 is 9.64 Å². The first-order valence-electron chi connectivity index (χ1n) is 6.22. The van der Waals surface area contributed by atoms with E-state index in [0.29, 0.717) is 36.0 Å². The molecule has 1 heterocycles. The van der Waals surface area contributed by atoms with E-state index in [0.717, 1.165) is 5.56 Å². The van der Waals surface area contributed by atoms with Crippen LogP contribution in [0.3, 0.4) is 0 Å². The lowest BCUT2D eigenvalue weighted by molar-refractivity contribution is -0.117. The Kier molecular flexibility index (Phi) is 4.37. The highest BCUT2D eigenvalue weighted by Gasteiger charge is 2.32. The summed E-state index contributed by atoms with van der Waals surface area (Å²) >= 11 is 6.13. The predicted molar refractivity (Wildman–Crippen MR) is 77.2 cm³/mol. The lowest BCUT2D eigenvalue weighted by atomic mass is 10.1. The minimum absolute atomic E-state index is 0.0126. The number of halogens is 1. The Balaban J connectivity index is 2.29. The molecule has 20 heavy (non-hydrogen) atoms. The Morgan fingerprint density at radius 1 is 1.60 bits per heavy atom. The van der Waals surface area contributed by atoms with Crippen molar-refractivity contribution in [2.75, 3.05) is 25.1 Å². The summed E-state index contributed by atoms with van der Waals surface area (Å²) in [6.45, 7) is 2.71. The highest BCUT2D eigenvalue weighted by Crippen LogP contribution is 2.37. The van der Waals surface area contributed by atoms with Crippen molar-refractivity contribution in [1.29, 1.82) is 0 Å². The molecule has 1 amide bonds. The van der Waals surface area contributed by atoms with E-state index >= 15 is 0 Å². The number of anilines is 1. The van der Waals surface area contributed by atoms with Crippen molar-refractivity contribution in [2.45, 2.75) is 13.3 Å². The lowest BCUT2D eigenvalue weighted by Crippen LogP contribution is -2.25. The Bertz CT molecular complexity index is 584. The standard InChI is InChI=1S/C13H15ClN4O2/c1-8-3-12(20-2)11(5-10(8)14)18-7-9(4-13(18)19)6-16-17-15/h3,5,9H,4,6-7H2,1-2H3. The molecule has 0 aliphatic carbocycles. The summed E-state index contributed by atoms with van der Waals surface area (Å²) in [7, 11) is 1.56. The van der Waals surface area contributed by atoms with Gasteiger partial charge < -0.3 is 9.64 Å². The average molecular weight is 295 g/mol. The highest BCUT2D eigenvalue weighted by atomic mass is 35.5. The molecule has 1 atom stereocenters. The van der Waals surface area contributed by atoms with Gasteiger partial charge in [-0.3, -0.25) is 4.79 Å². The zero-order chi connectivity index (χ0) is 14.7. The van der Waals surface area contributed by atoms with Gasteiger partial charge in [-0.15, -0.1) is 0 Å². The van der Waals surface area contributed by atoms with E-state index in [2.05, 4.69) is 10.0 Å². The topological polar surface area (TPSA) is 78.3 Å². The number of carbonyl (C=O) groups excluding carboxylic acids is 1. The molecule has 0 N–H and O–H groups in total. The maximum atomic E-state index is 12.1. The largest absolute Gasteiger partial charge is 0.495 e. The number of amides is 1. The average Bonchev–Trinajstić information content (AvgIpc) is 2.80. The zero-order valence-corrected chi connectivity index (χ0v) is 12.1. The number of hydrogen-bond acceptors (Lipinski definition) is 3. The first kappa shape index (κ1) is 14.5. The van der Waals surface area contributed by atoms with Crippen molar-refractivity contribution in [1.82, 2.24) is 0 Å². The molecule has 0 radical (unpaired) electrons. The number of hydrogen-bond donors (Lipinski definition) is 0. The number of azide groups is 1. The molecule has 1 aliphatic rings. The summed E-state index contributed by atoms with van der Waals surface area (Å²) in [4.78, 5) is 16.5. The van der Waals surface area contributed by atoms with E-state index in [4.69, 9.17) is 21.9 Å². The van der Waals surface area contributed by atoms with Crippen molar-refractivity contribution in [3.63, 3.8) is 0 Å². The fraction of sp³-hybridized carbons (Fsp3) is 0.462. The van der Waals surface area contributed by atoms with Crippen LogP contribution in [0.1, 0.15) is 12.0 Å². The second kappa shape index (κ2) is 6.03. The van der Waals surface area contributed by atoms with Crippen molar-refractivity contribution < 1.29 is 9.53 Å². The van der Waals surface area contributed by atoms with Gasteiger partial charge in [-0.05, 0) is 36.1 Å². The molecule has 0 spiro atoms. The van der Waals surface area contributed by atoms with Crippen molar-refractivity contribution in [3.05, 3.63) is 33.2 Å². The summed E-state index contributed by atoms with van der Waals surface area (Å²) in [6.07, 6.45) is 0.369.